The predicted molar refractivity (Wildman–Crippen MR) is 83.8 cm³/mol. The molecule has 0 aliphatic carbocycles. The molecular weight excluding hydrogens is 318 g/mol. The molecule has 1 fully saturated rings. The van der Waals surface area contributed by atoms with Gasteiger partial charge in [-0.15, -0.1) is 0 Å². The first kappa shape index (κ1) is 14.0. The molecule has 1 aromatic carbocycles. The van der Waals surface area contributed by atoms with Crippen molar-refractivity contribution in [1.82, 2.24) is 10.2 Å². The highest BCUT2D eigenvalue weighted by molar-refractivity contribution is 9.10. The van der Waals surface area contributed by atoms with Gasteiger partial charge in [-0.1, -0.05) is 22.0 Å². The molecule has 1 amide bonds. The number of hydrogen-bond donors (Lipinski definition) is 2. The Labute approximate surface area is 128 Å². The van der Waals surface area contributed by atoms with Gasteiger partial charge in [-0.3, -0.25) is 4.79 Å². The highest BCUT2D eigenvalue weighted by atomic mass is 79.9. The molecule has 0 aromatic heterocycles. The van der Waals surface area contributed by atoms with E-state index in [4.69, 9.17) is 0 Å². The Kier molecular flexibility index (Phi) is 4.38. The first-order valence-electron chi connectivity index (χ1n) is 7.31. The van der Waals surface area contributed by atoms with E-state index in [0.717, 1.165) is 35.2 Å². The van der Waals surface area contributed by atoms with Crippen molar-refractivity contribution < 1.29 is 4.79 Å². The average molecular weight is 338 g/mol. The monoisotopic (exact) mass is 337 g/mol. The molecule has 20 heavy (non-hydrogen) atoms. The number of halogens is 1. The lowest BCUT2D eigenvalue weighted by Gasteiger charge is -2.16. The molecule has 5 heteroatoms. The quantitative estimate of drug-likeness (QED) is 0.811. The van der Waals surface area contributed by atoms with Gasteiger partial charge in [0, 0.05) is 15.7 Å². The topological polar surface area (TPSA) is 44.4 Å². The summed E-state index contributed by atoms with van der Waals surface area (Å²) in [5, 5.41) is 6.31. The number of carbonyl (C=O) groups excluding carboxylic acids is 1. The standard InChI is InChI=1S/C15H20BrN3O/c16-11-5-3-6-12-13(11)14(15(20)18-12)17-7-4-10-19-8-1-2-9-19/h3,5-6,14,17H,1-2,4,7-10H2,(H,18,20). The molecule has 4 nitrogen and oxygen atoms in total. The number of benzene rings is 1. The predicted octanol–water partition coefficient (Wildman–Crippen LogP) is 2.52. The lowest BCUT2D eigenvalue weighted by atomic mass is 10.1. The molecule has 3 rings (SSSR count). The van der Waals surface area contributed by atoms with E-state index in [-0.39, 0.29) is 11.9 Å². The maximum Gasteiger partial charge on any atom is 0.246 e. The van der Waals surface area contributed by atoms with Gasteiger partial charge in [0.05, 0.1) is 0 Å². The average Bonchev–Trinajstić information content (AvgIpc) is 3.03. The Balaban J connectivity index is 1.54. The zero-order valence-electron chi connectivity index (χ0n) is 11.5. The number of anilines is 1. The molecule has 0 bridgehead atoms. The fourth-order valence-electron chi connectivity index (χ4n) is 3.03. The summed E-state index contributed by atoms with van der Waals surface area (Å²) in [7, 11) is 0. The minimum Gasteiger partial charge on any atom is -0.324 e. The summed E-state index contributed by atoms with van der Waals surface area (Å²) in [6.07, 6.45) is 3.75. The van der Waals surface area contributed by atoms with Crippen molar-refractivity contribution in [3.63, 3.8) is 0 Å². The second-order valence-electron chi connectivity index (χ2n) is 5.48. The number of carbonyl (C=O) groups is 1. The summed E-state index contributed by atoms with van der Waals surface area (Å²) in [6.45, 7) is 4.47. The number of fused-ring (bicyclic) bond motifs is 1. The Hall–Kier alpha value is -0.910. The summed E-state index contributed by atoms with van der Waals surface area (Å²) in [5.74, 6) is 0.0491. The third-order valence-corrected chi connectivity index (χ3v) is 4.75. The van der Waals surface area contributed by atoms with Crippen molar-refractivity contribution in [1.29, 1.82) is 0 Å². The van der Waals surface area contributed by atoms with Crippen molar-refractivity contribution >= 4 is 27.5 Å². The van der Waals surface area contributed by atoms with E-state index in [1.54, 1.807) is 0 Å². The van der Waals surface area contributed by atoms with Crippen molar-refractivity contribution in [3.8, 4) is 0 Å². The van der Waals surface area contributed by atoms with E-state index in [1.807, 2.05) is 18.2 Å². The van der Waals surface area contributed by atoms with Crippen molar-refractivity contribution in [2.24, 2.45) is 0 Å². The van der Waals surface area contributed by atoms with Gasteiger partial charge in [-0.2, -0.15) is 0 Å². The van der Waals surface area contributed by atoms with Crippen molar-refractivity contribution in [2.45, 2.75) is 25.3 Å². The maximum absolute atomic E-state index is 12.0. The van der Waals surface area contributed by atoms with Crippen LogP contribution in [-0.4, -0.2) is 37.0 Å². The summed E-state index contributed by atoms with van der Waals surface area (Å²) in [5.41, 5.74) is 1.96. The van der Waals surface area contributed by atoms with Crippen LogP contribution in [-0.2, 0) is 4.79 Å². The highest BCUT2D eigenvalue weighted by Crippen LogP contribution is 2.36. The Bertz CT molecular complexity index is 500. The molecule has 1 atom stereocenters. The molecule has 0 radical (unpaired) electrons. The van der Waals surface area contributed by atoms with Crippen molar-refractivity contribution in [2.75, 3.05) is 31.5 Å². The molecule has 1 saturated heterocycles. The highest BCUT2D eigenvalue weighted by Gasteiger charge is 2.31. The number of nitrogens with one attached hydrogen (secondary N) is 2. The zero-order valence-corrected chi connectivity index (χ0v) is 13.1. The van der Waals surface area contributed by atoms with E-state index < -0.39 is 0 Å². The Morgan fingerprint density at radius 2 is 2.15 bits per heavy atom. The van der Waals surface area contributed by atoms with Gasteiger partial charge in [0.15, 0.2) is 0 Å². The number of likely N-dealkylation sites (tertiary alicyclic amines) is 1. The maximum atomic E-state index is 12.0. The minimum absolute atomic E-state index is 0.0491. The van der Waals surface area contributed by atoms with Crippen LogP contribution in [0, 0.1) is 0 Å². The number of nitrogens with zero attached hydrogens (tertiary/aromatic N) is 1. The minimum atomic E-state index is -0.223. The van der Waals surface area contributed by atoms with Gasteiger partial charge in [0.25, 0.3) is 0 Å². The molecule has 108 valence electrons. The van der Waals surface area contributed by atoms with Crippen LogP contribution in [0.3, 0.4) is 0 Å². The van der Waals surface area contributed by atoms with E-state index in [1.165, 1.54) is 25.9 Å². The molecular formula is C15H20BrN3O. The van der Waals surface area contributed by atoms with Gasteiger partial charge < -0.3 is 15.5 Å². The molecule has 0 saturated carbocycles. The van der Waals surface area contributed by atoms with Crippen LogP contribution in [0.5, 0.6) is 0 Å². The van der Waals surface area contributed by atoms with Crippen LogP contribution in [0.25, 0.3) is 0 Å². The molecule has 2 aliphatic heterocycles. The Morgan fingerprint density at radius 1 is 1.35 bits per heavy atom. The zero-order chi connectivity index (χ0) is 13.9. The summed E-state index contributed by atoms with van der Waals surface area (Å²) < 4.78 is 0.991. The molecule has 2 aliphatic rings. The fraction of sp³-hybridized carbons (Fsp3) is 0.533. The molecule has 0 spiro atoms. The van der Waals surface area contributed by atoms with Gasteiger partial charge in [0.1, 0.15) is 6.04 Å². The first-order valence-corrected chi connectivity index (χ1v) is 8.10. The van der Waals surface area contributed by atoms with Gasteiger partial charge >= 0.3 is 0 Å². The molecule has 1 aromatic rings. The normalized spacial score (nSPS) is 22.1. The number of hydrogen-bond acceptors (Lipinski definition) is 3. The van der Waals surface area contributed by atoms with E-state index in [0.29, 0.717) is 0 Å². The lowest BCUT2D eigenvalue weighted by molar-refractivity contribution is -0.117. The van der Waals surface area contributed by atoms with Gasteiger partial charge in [-0.25, -0.2) is 0 Å². The van der Waals surface area contributed by atoms with Crippen LogP contribution in [0.1, 0.15) is 30.9 Å². The first-order chi connectivity index (χ1) is 9.75. The van der Waals surface area contributed by atoms with Crippen LogP contribution < -0.4 is 10.6 Å². The molecule has 2 heterocycles. The smallest absolute Gasteiger partial charge is 0.246 e. The second-order valence-corrected chi connectivity index (χ2v) is 6.33. The molecule has 1 unspecified atom stereocenters. The summed E-state index contributed by atoms with van der Waals surface area (Å²) in [4.78, 5) is 14.5. The van der Waals surface area contributed by atoms with Crippen LogP contribution in [0.4, 0.5) is 5.69 Å². The van der Waals surface area contributed by atoms with Crippen LogP contribution in [0.15, 0.2) is 22.7 Å². The Morgan fingerprint density at radius 3 is 2.95 bits per heavy atom. The number of rotatable bonds is 5. The largest absolute Gasteiger partial charge is 0.324 e. The van der Waals surface area contributed by atoms with Crippen LogP contribution >= 0.6 is 15.9 Å². The van der Waals surface area contributed by atoms with Crippen LogP contribution in [0.2, 0.25) is 0 Å². The SMILES string of the molecule is O=C1Nc2cccc(Br)c2C1NCCCN1CCCC1. The molecule has 2 N–H and O–H groups in total. The lowest BCUT2D eigenvalue weighted by Crippen LogP contribution is -2.30. The summed E-state index contributed by atoms with van der Waals surface area (Å²) in [6, 6.07) is 5.65. The van der Waals surface area contributed by atoms with Crippen molar-refractivity contribution in [3.05, 3.63) is 28.2 Å². The third kappa shape index (κ3) is 2.90. The third-order valence-electron chi connectivity index (χ3n) is 4.06. The number of amides is 1. The van der Waals surface area contributed by atoms with E-state index in [9.17, 15) is 4.79 Å². The van der Waals surface area contributed by atoms with E-state index >= 15 is 0 Å². The van der Waals surface area contributed by atoms with Gasteiger partial charge in [0.2, 0.25) is 5.91 Å². The second kappa shape index (κ2) is 6.24. The van der Waals surface area contributed by atoms with Gasteiger partial charge in [-0.05, 0) is 57.6 Å². The fourth-order valence-corrected chi connectivity index (χ4v) is 3.62. The summed E-state index contributed by atoms with van der Waals surface area (Å²) >= 11 is 3.54. The van der Waals surface area contributed by atoms with E-state index in [2.05, 4.69) is 31.5 Å².